The number of aliphatic carboxylic acids is 1. The summed E-state index contributed by atoms with van der Waals surface area (Å²) in [6.07, 6.45) is 10.8. The van der Waals surface area contributed by atoms with Crippen LogP contribution in [0.2, 0.25) is 0 Å². The highest BCUT2D eigenvalue weighted by molar-refractivity contribution is 5.76. The van der Waals surface area contributed by atoms with Gasteiger partial charge in [0.15, 0.2) is 0 Å². The molecule has 0 amide bonds. The fourth-order valence-corrected chi connectivity index (χ4v) is 11.4. The predicted molar refractivity (Wildman–Crippen MR) is 148 cm³/mol. The first-order chi connectivity index (χ1) is 17.5. The van der Waals surface area contributed by atoms with Crippen LogP contribution in [-0.4, -0.2) is 34.4 Å². The van der Waals surface area contributed by atoms with Gasteiger partial charge in [0.25, 0.3) is 0 Å². The number of carbonyl (C=O) groups excluding carboxylic acids is 1. The van der Waals surface area contributed by atoms with Gasteiger partial charge in [0.2, 0.25) is 0 Å². The van der Waals surface area contributed by atoms with Gasteiger partial charge in [-0.3, -0.25) is 9.59 Å². The summed E-state index contributed by atoms with van der Waals surface area (Å²) in [5, 5.41) is 22.4. The van der Waals surface area contributed by atoms with Crippen molar-refractivity contribution in [1.29, 1.82) is 0 Å². The SMILES string of the molecule is CC(=O)OC[C@]1(O)CC[C@@]2(C)C(CC[C@]3(C)[C@@H]2CC=C2[C@@H]4[C@@H](C)[C@H](C)CC[C@]4(C(=O)O)CC[C@]23C)C1(C)C. The lowest BCUT2D eigenvalue weighted by molar-refractivity contribution is -0.246. The molecule has 5 nitrogen and oxygen atoms in total. The molecule has 5 rings (SSSR count). The zero-order chi connectivity index (χ0) is 28.1. The lowest BCUT2D eigenvalue weighted by atomic mass is 9.32. The molecule has 0 aliphatic heterocycles. The van der Waals surface area contributed by atoms with Crippen molar-refractivity contribution < 1.29 is 24.5 Å². The second kappa shape index (κ2) is 8.57. The Morgan fingerprint density at radius 2 is 1.63 bits per heavy atom. The lowest BCUT2D eigenvalue weighted by Crippen LogP contribution is -2.68. The summed E-state index contributed by atoms with van der Waals surface area (Å²) in [4.78, 5) is 24.5. The van der Waals surface area contributed by atoms with Gasteiger partial charge in [-0.1, -0.05) is 60.1 Å². The second-order valence-corrected chi connectivity index (χ2v) is 15.6. The summed E-state index contributed by atoms with van der Waals surface area (Å²) >= 11 is 0. The summed E-state index contributed by atoms with van der Waals surface area (Å²) in [7, 11) is 0. The highest BCUT2D eigenvalue weighted by atomic mass is 16.5. The molecule has 0 bridgehead atoms. The van der Waals surface area contributed by atoms with Gasteiger partial charge < -0.3 is 14.9 Å². The molecule has 5 aliphatic carbocycles. The predicted octanol–water partition coefficient (Wildman–Crippen LogP) is 7.02. The van der Waals surface area contributed by atoms with Crippen LogP contribution in [0.15, 0.2) is 11.6 Å². The lowest BCUT2D eigenvalue weighted by Gasteiger charge is -2.72. The Labute approximate surface area is 230 Å². The van der Waals surface area contributed by atoms with E-state index < -0.39 is 17.0 Å². The zero-order valence-electron chi connectivity index (χ0n) is 25.2. The summed E-state index contributed by atoms with van der Waals surface area (Å²) in [6, 6.07) is 0. The average Bonchev–Trinajstić information content (AvgIpc) is 2.83. The van der Waals surface area contributed by atoms with E-state index in [0.29, 0.717) is 30.1 Å². The number of aliphatic hydroxyl groups is 1. The number of carboxylic acids is 1. The van der Waals surface area contributed by atoms with Crippen LogP contribution in [0.1, 0.15) is 113 Å². The molecule has 0 spiro atoms. The van der Waals surface area contributed by atoms with Crippen molar-refractivity contribution >= 4 is 11.9 Å². The minimum Gasteiger partial charge on any atom is -0.481 e. The third-order valence-electron chi connectivity index (χ3n) is 14.3. The number of carboxylic acid groups (broad SMARTS) is 1. The molecule has 214 valence electrons. The highest BCUT2D eigenvalue weighted by Gasteiger charge is 2.71. The van der Waals surface area contributed by atoms with E-state index in [2.05, 4.69) is 54.5 Å². The van der Waals surface area contributed by atoms with Crippen molar-refractivity contribution in [2.45, 2.75) is 119 Å². The second-order valence-electron chi connectivity index (χ2n) is 15.6. The number of fused-ring (bicyclic) bond motifs is 7. The summed E-state index contributed by atoms with van der Waals surface area (Å²) in [5.41, 5.74) is -0.385. The molecule has 1 unspecified atom stereocenters. The molecule has 5 heteroatoms. The summed E-state index contributed by atoms with van der Waals surface area (Å²) < 4.78 is 5.40. The van der Waals surface area contributed by atoms with E-state index in [1.807, 2.05) is 0 Å². The molecule has 0 aromatic rings. The van der Waals surface area contributed by atoms with E-state index >= 15 is 0 Å². The van der Waals surface area contributed by atoms with Gasteiger partial charge in [-0.15, -0.1) is 0 Å². The molecule has 0 heterocycles. The molecule has 38 heavy (non-hydrogen) atoms. The number of hydrogen-bond acceptors (Lipinski definition) is 4. The van der Waals surface area contributed by atoms with E-state index in [4.69, 9.17) is 4.74 Å². The van der Waals surface area contributed by atoms with Crippen LogP contribution in [0, 0.1) is 56.7 Å². The Balaban J connectivity index is 1.55. The molecule has 10 atom stereocenters. The van der Waals surface area contributed by atoms with E-state index in [1.165, 1.54) is 12.5 Å². The van der Waals surface area contributed by atoms with Gasteiger partial charge >= 0.3 is 11.9 Å². The number of allylic oxidation sites excluding steroid dienone is 2. The quantitative estimate of drug-likeness (QED) is 0.304. The van der Waals surface area contributed by atoms with E-state index in [9.17, 15) is 19.8 Å². The number of esters is 1. The molecule has 0 aromatic heterocycles. The first-order valence-corrected chi connectivity index (χ1v) is 15.3. The molecule has 0 aromatic carbocycles. The first-order valence-electron chi connectivity index (χ1n) is 15.3. The topological polar surface area (TPSA) is 83.8 Å². The smallest absolute Gasteiger partial charge is 0.310 e. The first kappa shape index (κ1) is 28.2. The van der Waals surface area contributed by atoms with Gasteiger partial charge in [0.05, 0.1) is 5.41 Å². The normalized spacial score (nSPS) is 51.4. The third kappa shape index (κ3) is 3.38. The molecular formula is C33H52O5. The van der Waals surface area contributed by atoms with Crippen molar-refractivity contribution in [2.75, 3.05) is 6.61 Å². The van der Waals surface area contributed by atoms with Crippen molar-refractivity contribution in [3.05, 3.63) is 11.6 Å². The monoisotopic (exact) mass is 528 g/mol. The summed E-state index contributed by atoms with van der Waals surface area (Å²) in [5.74, 6) is 0.949. The van der Waals surface area contributed by atoms with Gasteiger partial charge in [-0.25, -0.2) is 0 Å². The molecular weight excluding hydrogens is 476 g/mol. The molecule has 5 aliphatic rings. The van der Waals surface area contributed by atoms with Crippen molar-refractivity contribution in [3.63, 3.8) is 0 Å². The molecule has 0 saturated heterocycles. The minimum absolute atomic E-state index is 0.00549. The molecule has 4 fully saturated rings. The van der Waals surface area contributed by atoms with E-state index in [1.54, 1.807) is 0 Å². The standard InChI is InChI=1S/C33H52O5/c1-20-11-14-32(27(35)36)17-16-30(7)23(26(32)21(20)2)9-10-25-29(6)15-18-33(37,19-38-22(3)34)28(4,5)24(29)12-13-31(25,30)8/h9,20-21,24-26,37H,10-19H2,1-8H3,(H,35,36)/t20-,21+,24?,25-,26+,29+,30-,31-,32+,33-/m1/s1. The van der Waals surface area contributed by atoms with Crippen LogP contribution in [0.3, 0.4) is 0 Å². The van der Waals surface area contributed by atoms with Gasteiger partial charge in [-0.05, 0) is 104 Å². The van der Waals surface area contributed by atoms with Crippen LogP contribution in [-0.2, 0) is 14.3 Å². The Bertz CT molecular complexity index is 1050. The van der Waals surface area contributed by atoms with Gasteiger partial charge in [0, 0.05) is 12.3 Å². The summed E-state index contributed by atoms with van der Waals surface area (Å²) in [6.45, 7) is 18.0. The Morgan fingerprint density at radius 3 is 2.26 bits per heavy atom. The molecule has 4 saturated carbocycles. The Kier molecular flexibility index (Phi) is 6.36. The van der Waals surface area contributed by atoms with E-state index in [-0.39, 0.29) is 40.2 Å². The van der Waals surface area contributed by atoms with Crippen molar-refractivity contribution in [3.8, 4) is 0 Å². The third-order valence-corrected chi connectivity index (χ3v) is 14.3. The number of hydrogen-bond donors (Lipinski definition) is 2. The van der Waals surface area contributed by atoms with E-state index in [0.717, 1.165) is 51.4 Å². The number of rotatable bonds is 3. The van der Waals surface area contributed by atoms with Crippen LogP contribution in [0.4, 0.5) is 0 Å². The van der Waals surface area contributed by atoms with Crippen molar-refractivity contribution in [1.82, 2.24) is 0 Å². The minimum atomic E-state index is -1.02. The molecule has 0 radical (unpaired) electrons. The average molecular weight is 529 g/mol. The fraction of sp³-hybridized carbons (Fsp3) is 0.879. The molecule has 2 N–H and O–H groups in total. The Hall–Kier alpha value is -1.36. The maximum atomic E-state index is 12.9. The van der Waals surface area contributed by atoms with Crippen LogP contribution in [0.25, 0.3) is 0 Å². The maximum absolute atomic E-state index is 12.9. The highest BCUT2D eigenvalue weighted by Crippen LogP contribution is 2.76. The zero-order valence-corrected chi connectivity index (χ0v) is 25.2. The Morgan fingerprint density at radius 1 is 0.947 bits per heavy atom. The maximum Gasteiger partial charge on any atom is 0.310 e. The largest absolute Gasteiger partial charge is 0.481 e. The van der Waals surface area contributed by atoms with Gasteiger partial charge in [-0.2, -0.15) is 0 Å². The van der Waals surface area contributed by atoms with Gasteiger partial charge in [0.1, 0.15) is 12.2 Å². The van der Waals surface area contributed by atoms with Crippen LogP contribution < -0.4 is 0 Å². The van der Waals surface area contributed by atoms with Crippen LogP contribution >= 0.6 is 0 Å². The van der Waals surface area contributed by atoms with Crippen molar-refractivity contribution in [2.24, 2.45) is 56.7 Å². The fourth-order valence-electron chi connectivity index (χ4n) is 11.4. The number of carbonyl (C=O) groups is 2. The number of ether oxygens (including phenoxy) is 1. The van der Waals surface area contributed by atoms with Crippen LogP contribution in [0.5, 0.6) is 0 Å².